The lowest BCUT2D eigenvalue weighted by atomic mass is 10.0. The van der Waals surface area contributed by atoms with Crippen LogP contribution in [-0.2, 0) is 9.53 Å². The van der Waals surface area contributed by atoms with E-state index in [-0.39, 0.29) is 12.2 Å². The first kappa shape index (κ1) is 12.3. The van der Waals surface area contributed by atoms with Crippen LogP contribution in [0.15, 0.2) is 48.0 Å². The monoisotopic (exact) mass is 242 g/mol. The molecule has 0 aromatic heterocycles. The standard InChI is InChI=1S/C15H14O3/c1-18-10-13(15(16)17)9-12-7-4-6-11-5-2-3-8-14(11)12/h2-9H,10H2,1H3,(H,16,17)/b13-9-. The molecule has 3 nitrogen and oxygen atoms in total. The molecule has 18 heavy (non-hydrogen) atoms. The molecule has 0 aliphatic rings. The Labute approximate surface area is 105 Å². The first-order valence-corrected chi connectivity index (χ1v) is 5.63. The highest BCUT2D eigenvalue weighted by atomic mass is 16.5. The minimum Gasteiger partial charge on any atom is -0.478 e. The third kappa shape index (κ3) is 2.57. The Morgan fingerprint density at radius 2 is 1.94 bits per heavy atom. The van der Waals surface area contributed by atoms with Gasteiger partial charge in [-0.2, -0.15) is 0 Å². The molecule has 3 heteroatoms. The smallest absolute Gasteiger partial charge is 0.333 e. The van der Waals surface area contributed by atoms with Crippen molar-refractivity contribution < 1.29 is 14.6 Å². The fourth-order valence-corrected chi connectivity index (χ4v) is 1.88. The predicted octanol–water partition coefficient (Wildman–Crippen LogP) is 2.95. The first-order valence-electron chi connectivity index (χ1n) is 5.63. The van der Waals surface area contributed by atoms with Gasteiger partial charge in [-0.1, -0.05) is 42.5 Å². The van der Waals surface area contributed by atoms with Crippen LogP contribution in [-0.4, -0.2) is 24.8 Å². The van der Waals surface area contributed by atoms with Gasteiger partial charge in [-0.05, 0) is 22.4 Å². The fraction of sp³-hybridized carbons (Fsp3) is 0.133. The van der Waals surface area contributed by atoms with E-state index in [0.29, 0.717) is 0 Å². The highest BCUT2D eigenvalue weighted by Gasteiger charge is 2.07. The van der Waals surface area contributed by atoms with Crippen molar-refractivity contribution in [3.8, 4) is 0 Å². The highest BCUT2D eigenvalue weighted by molar-refractivity contribution is 5.97. The molecule has 0 aliphatic carbocycles. The third-order valence-electron chi connectivity index (χ3n) is 2.73. The van der Waals surface area contributed by atoms with E-state index in [9.17, 15) is 4.79 Å². The Bertz CT molecular complexity index is 594. The second-order valence-electron chi connectivity index (χ2n) is 3.98. The second-order valence-corrected chi connectivity index (χ2v) is 3.98. The Balaban J connectivity index is 2.53. The summed E-state index contributed by atoms with van der Waals surface area (Å²) in [4.78, 5) is 11.1. The molecule has 0 atom stereocenters. The van der Waals surface area contributed by atoms with E-state index >= 15 is 0 Å². The lowest BCUT2D eigenvalue weighted by Gasteiger charge is -2.04. The van der Waals surface area contributed by atoms with Gasteiger partial charge in [-0.15, -0.1) is 0 Å². The number of carboxylic acids is 1. The van der Waals surface area contributed by atoms with Gasteiger partial charge in [0.05, 0.1) is 12.2 Å². The summed E-state index contributed by atoms with van der Waals surface area (Å²) in [5.74, 6) is -0.954. The number of hydrogen-bond acceptors (Lipinski definition) is 2. The molecule has 0 saturated heterocycles. The number of methoxy groups -OCH3 is 1. The number of ether oxygens (including phenoxy) is 1. The molecule has 0 unspecified atom stereocenters. The zero-order chi connectivity index (χ0) is 13.0. The molecule has 0 bridgehead atoms. The van der Waals surface area contributed by atoms with Gasteiger partial charge in [0.15, 0.2) is 0 Å². The third-order valence-corrected chi connectivity index (χ3v) is 2.73. The van der Waals surface area contributed by atoms with Crippen LogP contribution in [0.4, 0.5) is 0 Å². The number of fused-ring (bicyclic) bond motifs is 1. The molecule has 1 N–H and O–H groups in total. The Morgan fingerprint density at radius 1 is 1.22 bits per heavy atom. The van der Waals surface area contributed by atoms with Crippen LogP contribution in [0.3, 0.4) is 0 Å². The number of carboxylic acid groups (broad SMARTS) is 1. The van der Waals surface area contributed by atoms with E-state index in [2.05, 4.69) is 0 Å². The van der Waals surface area contributed by atoms with Crippen molar-refractivity contribution in [1.82, 2.24) is 0 Å². The number of rotatable bonds is 4. The maximum atomic E-state index is 11.1. The molecule has 2 rings (SSSR count). The molecule has 0 spiro atoms. The molecule has 0 fully saturated rings. The summed E-state index contributed by atoms with van der Waals surface area (Å²) in [5.41, 5.74) is 1.14. The minimum absolute atomic E-state index is 0.0958. The van der Waals surface area contributed by atoms with Crippen molar-refractivity contribution in [3.05, 3.63) is 53.6 Å². The van der Waals surface area contributed by atoms with E-state index in [0.717, 1.165) is 16.3 Å². The van der Waals surface area contributed by atoms with E-state index < -0.39 is 5.97 Å². The largest absolute Gasteiger partial charge is 0.478 e. The summed E-state index contributed by atoms with van der Waals surface area (Å²) in [6.07, 6.45) is 1.66. The van der Waals surface area contributed by atoms with Crippen LogP contribution < -0.4 is 0 Å². The normalized spacial score (nSPS) is 11.7. The fourth-order valence-electron chi connectivity index (χ4n) is 1.88. The summed E-state index contributed by atoms with van der Waals surface area (Å²) in [5, 5.41) is 11.2. The summed E-state index contributed by atoms with van der Waals surface area (Å²) in [6, 6.07) is 13.7. The molecule has 2 aromatic rings. The number of aliphatic carboxylic acids is 1. The van der Waals surface area contributed by atoms with Gasteiger partial charge in [0, 0.05) is 7.11 Å². The van der Waals surface area contributed by atoms with Crippen molar-refractivity contribution in [3.63, 3.8) is 0 Å². The van der Waals surface area contributed by atoms with Crippen LogP contribution >= 0.6 is 0 Å². The lowest BCUT2D eigenvalue weighted by Crippen LogP contribution is -2.06. The molecule has 2 aromatic carbocycles. The minimum atomic E-state index is -0.954. The van der Waals surface area contributed by atoms with Crippen LogP contribution in [0, 0.1) is 0 Å². The maximum Gasteiger partial charge on any atom is 0.333 e. The number of hydrogen-bond donors (Lipinski definition) is 1. The van der Waals surface area contributed by atoms with Gasteiger partial charge in [0.2, 0.25) is 0 Å². The van der Waals surface area contributed by atoms with E-state index in [1.165, 1.54) is 7.11 Å². The zero-order valence-electron chi connectivity index (χ0n) is 10.1. The van der Waals surface area contributed by atoms with Crippen molar-refractivity contribution in [2.24, 2.45) is 0 Å². The molecule has 0 aliphatic heterocycles. The van der Waals surface area contributed by atoms with Crippen molar-refractivity contribution in [2.45, 2.75) is 0 Å². The summed E-state index contributed by atoms with van der Waals surface area (Å²) < 4.78 is 4.90. The average molecular weight is 242 g/mol. The van der Waals surface area contributed by atoms with Gasteiger partial charge in [0.1, 0.15) is 0 Å². The van der Waals surface area contributed by atoms with Crippen LogP contribution in [0.2, 0.25) is 0 Å². The van der Waals surface area contributed by atoms with Gasteiger partial charge in [-0.25, -0.2) is 4.79 Å². The molecular weight excluding hydrogens is 228 g/mol. The second kappa shape index (κ2) is 5.47. The average Bonchev–Trinajstić information content (AvgIpc) is 2.38. The van der Waals surface area contributed by atoms with Gasteiger partial charge < -0.3 is 9.84 Å². The summed E-state index contributed by atoms with van der Waals surface area (Å²) in [7, 11) is 1.49. The number of carbonyl (C=O) groups is 1. The SMILES string of the molecule is COC/C(=C/c1cccc2ccccc12)C(=O)O. The van der Waals surface area contributed by atoms with Crippen molar-refractivity contribution in [2.75, 3.05) is 13.7 Å². The molecular formula is C15H14O3. The van der Waals surface area contributed by atoms with Gasteiger partial charge in [0.25, 0.3) is 0 Å². The summed E-state index contributed by atoms with van der Waals surface area (Å²) >= 11 is 0. The van der Waals surface area contributed by atoms with Gasteiger partial charge >= 0.3 is 5.97 Å². The predicted molar refractivity (Wildman–Crippen MR) is 71.4 cm³/mol. The van der Waals surface area contributed by atoms with E-state index in [1.807, 2.05) is 42.5 Å². The molecule has 0 amide bonds. The van der Waals surface area contributed by atoms with Gasteiger partial charge in [-0.3, -0.25) is 0 Å². The molecule has 0 radical (unpaired) electrons. The zero-order valence-corrected chi connectivity index (χ0v) is 10.1. The molecule has 92 valence electrons. The Kier molecular flexibility index (Phi) is 3.75. The quantitative estimate of drug-likeness (QED) is 0.838. The Morgan fingerprint density at radius 3 is 2.67 bits per heavy atom. The summed E-state index contributed by atoms with van der Waals surface area (Å²) in [6.45, 7) is 0.0958. The number of benzene rings is 2. The Hall–Kier alpha value is -2.13. The van der Waals surface area contributed by atoms with Crippen LogP contribution in [0.1, 0.15) is 5.56 Å². The highest BCUT2D eigenvalue weighted by Crippen LogP contribution is 2.20. The van der Waals surface area contributed by atoms with Crippen molar-refractivity contribution >= 4 is 22.8 Å². The molecule has 0 heterocycles. The van der Waals surface area contributed by atoms with E-state index in [4.69, 9.17) is 9.84 Å². The van der Waals surface area contributed by atoms with Crippen molar-refractivity contribution in [1.29, 1.82) is 0 Å². The molecule has 0 saturated carbocycles. The lowest BCUT2D eigenvalue weighted by molar-refractivity contribution is -0.133. The first-order chi connectivity index (χ1) is 8.72. The van der Waals surface area contributed by atoms with Crippen LogP contribution in [0.5, 0.6) is 0 Å². The van der Waals surface area contributed by atoms with Crippen LogP contribution in [0.25, 0.3) is 16.8 Å². The maximum absolute atomic E-state index is 11.1. The van der Waals surface area contributed by atoms with E-state index in [1.54, 1.807) is 6.08 Å². The topological polar surface area (TPSA) is 46.5 Å².